The third-order valence-corrected chi connectivity index (χ3v) is 4.39. The van der Waals surface area contributed by atoms with Crippen molar-refractivity contribution in [2.24, 2.45) is 5.73 Å². The summed E-state index contributed by atoms with van der Waals surface area (Å²) in [5.74, 6) is -0.618. The van der Waals surface area contributed by atoms with Gasteiger partial charge in [-0.1, -0.05) is 0 Å². The van der Waals surface area contributed by atoms with Crippen molar-refractivity contribution in [3.8, 4) is 0 Å². The fraction of sp³-hybridized carbons (Fsp3) is 0.444. The molecule has 7 heteroatoms. The maximum Gasteiger partial charge on any atom is 0.277 e. The van der Waals surface area contributed by atoms with Crippen molar-refractivity contribution in [1.82, 2.24) is 4.31 Å². The van der Waals surface area contributed by atoms with Crippen LogP contribution in [0.3, 0.4) is 0 Å². The molecule has 1 atom stereocenters. The molecule has 0 spiro atoms. The Morgan fingerprint density at radius 3 is 2.88 bits per heavy atom. The number of sulfonamides is 1. The van der Waals surface area contributed by atoms with Crippen LogP contribution in [0.2, 0.25) is 0 Å². The third kappa shape index (κ3) is 1.72. The molecule has 0 bridgehead atoms. The first-order valence-corrected chi connectivity index (χ1v) is 6.32. The highest BCUT2D eigenvalue weighted by Crippen LogP contribution is 2.25. The van der Waals surface area contributed by atoms with Gasteiger partial charge < -0.3 is 10.2 Å². The third-order valence-electron chi connectivity index (χ3n) is 2.59. The molecule has 2 N–H and O–H groups in total. The molecule has 0 radical (unpaired) electrons. The van der Waals surface area contributed by atoms with Crippen molar-refractivity contribution in [1.29, 1.82) is 0 Å². The molecule has 2 heterocycles. The lowest BCUT2D eigenvalue weighted by Crippen LogP contribution is -2.43. The van der Waals surface area contributed by atoms with Gasteiger partial charge in [-0.15, -0.1) is 0 Å². The second-order valence-electron chi connectivity index (χ2n) is 3.61. The number of amides is 1. The van der Waals surface area contributed by atoms with Gasteiger partial charge in [-0.3, -0.25) is 4.79 Å². The Kier molecular flexibility index (Phi) is 2.73. The lowest BCUT2D eigenvalue weighted by atomic mass is 10.2. The Hall–Kier alpha value is -1.34. The van der Waals surface area contributed by atoms with E-state index in [0.717, 1.165) is 4.31 Å². The molecule has 1 aromatic heterocycles. The van der Waals surface area contributed by atoms with Crippen molar-refractivity contribution in [2.75, 3.05) is 6.54 Å². The van der Waals surface area contributed by atoms with E-state index in [0.29, 0.717) is 19.4 Å². The number of furan rings is 1. The standard InChI is InChI=1S/C9H12N2O4S/c10-9(12)7-3-1-5-11(7)16(13,14)8-4-2-6-15-8/h2,4,6-7H,1,3,5H2,(H2,10,12)/t7-/m1/s1. The zero-order chi connectivity index (χ0) is 11.8. The second-order valence-corrected chi connectivity index (χ2v) is 5.43. The van der Waals surface area contributed by atoms with Gasteiger partial charge >= 0.3 is 0 Å². The fourth-order valence-electron chi connectivity index (χ4n) is 1.84. The first-order chi connectivity index (χ1) is 7.53. The van der Waals surface area contributed by atoms with Crippen LogP contribution < -0.4 is 5.73 Å². The average molecular weight is 244 g/mol. The van der Waals surface area contributed by atoms with Crippen LogP contribution in [0.15, 0.2) is 27.9 Å². The summed E-state index contributed by atoms with van der Waals surface area (Å²) in [6.07, 6.45) is 2.38. The largest absolute Gasteiger partial charge is 0.452 e. The zero-order valence-electron chi connectivity index (χ0n) is 8.50. The molecule has 0 aliphatic carbocycles. The van der Waals surface area contributed by atoms with Crippen LogP contribution in [-0.2, 0) is 14.8 Å². The summed E-state index contributed by atoms with van der Waals surface area (Å²) in [7, 11) is -3.72. The number of nitrogens with zero attached hydrogens (tertiary/aromatic N) is 1. The highest BCUT2D eigenvalue weighted by molar-refractivity contribution is 7.89. The molecule has 16 heavy (non-hydrogen) atoms. The van der Waals surface area contributed by atoms with E-state index in [2.05, 4.69) is 0 Å². The molecule has 1 amide bonds. The molecule has 88 valence electrons. The molecule has 1 fully saturated rings. The van der Waals surface area contributed by atoms with E-state index in [4.69, 9.17) is 10.2 Å². The minimum atomic E-state index is -3.72. The molecule has 0 unspecified atom stereocenters. The Bertz CT molecular complexity index is 480. The lowest BCUT2D eigenvalue weighted by molar-refractivity contribution is -0.121. The summed E-state index contributed by atoms with van der Waals surface area (Å²) in [4.78, 5) is 11.1. The molecule has 1 aliphatic rings. The summed E-state index contributed by atoms with van der Waals surface area (Å²) in [5.41, 5.74) is 5.16. The highest BCUT2D eigenvalue weighted by Gasteiger charge is 2.39. The van der Waals surface area contributed by atoms with Gasteiger partial charge in [0, 0.05) is 6.54 Å². The molecule has 1 aliphatic heterocycles. The van der Waals surface area contributed by atoms with E-state index in [-0.39, 0.29) is 5.09 Å². The first-order valence-electron chi connectivity index (χ1n) is 4.88. The maximum atomic E-state index is 12.0. The molecule has 0 aromatic carbocycles. The van der Waals surface area contributed by atoms with Crippen molar-refractivity contribution in [3.05, 3.63) is 18.4 Å². The Morgan fingerprint density at radius 2 is 2.31 bits per heavy atom. The molecular formula is C9H12N2O4S. The van der Waals surface area contributed by atoms with Crippen LogP contribution in [0.25, 0.3) is 0 Å². The molecular weight excluding hydrogens is 232 g/mol. The van der Waals surface area contributed by atoms with Crippen LogP contribution in [-0.4, -0.2) is 31.2 Å². The molecule has 6 nitrogen and oxygen atoms in total. The van der Waals surface area contributed by atoms with E-state index in [1.54, 1.807) is 0 Å². The Balaban J connectivity index is 2.34. The van der Waals surface area contributed by atoms with Crippen LogP contribution >= 0.6 is 0 Å². The van der Waals surface area contributed by atoms with Gasteiger partial charge in [0.2, 0.25) is 11.0 Å². The predicted molar refractivity (Wildman–Crippen MR) is 54.8 cm³/mol. The number of rotatable bonds is 3. The molecule has 2 rings (SSSR count). The van der Waals surface area contributed by atoms with E-state index in [1.165, 1.54) is 18.4 Å². The van der Waals surface area contributed by atoms with Crippen LogP contribution in [0.4, 0.5) is 0 Å². The first kappa shape index (κ1) is 11.2. The Morgan fingerprint density at radius 1 is 1.56 bits per heavy atom. The molecule has 0 saturated carbocycles. The number of hydrogen-bond donors (Lipinski definition) is 1. The van der Waals surface area contributed by atoms with Gasteiger partial charge in [0.15, 0.2) is 0 Å². The number of hydrogen-bond acceptors (Lipinski definition) is 4. The van der Waals surface area contributed by atoms with Crippen molar-refractivity contribution >= 4 is 15.9 Å². The summed E-state index contributed by atoms with van der Waals surface area (Å²) in [6.45, 7) is 0.302. The van der Waals surface area contributed by atoms with Gasteiger partial charge in [-0.05, 0) is 25.0 Å². The topological polar surface area (TPSA) is 93.6 Å². The monoisotopic (exact) mass is 244 g/mol. The van der Waals surface area contributed by atoms with Gasteiger partial charge in [0.1, 0.15) is 6.04 Å². The SMILES string of the molecule is NC(=O)[C@H]1CCCN1S(=O)(=O)c1ccco1. The predicted octanol–water partition coefficient (Wildman–Crippen LogP) is -0.0820. The Labute approximate surface area is 93.1 Å². The van der Waals surface area contributed by atoms with Crippen LogP contribution in [0.5, 0.6) is 0 Å². The normalized spacial score (nSPS) is 22.4. The van der Waals surface area contributed by atoms with E-state index >= 15 is 0 Å². The van der Waals surface area contributed by atoms with Gasteiger partial charge in [0.25, 0.3) is 10.0 Å². The van der Waals surface area contributed by atoms with Crippen LogP contribution in [0, 0.1) is 0 Å². The minimum Gasteiger partial charge on any atom is -0.452 e. The highest BCUT2D eigenvalue weighted by atomic mass is 32.2. The summed E-state index contributed by atoms with van der Waals surface area (Å²) >= 11 is 0. The summed E-state index contributed by atoms with van der Waals surface area (Å²) < 4.78 is 30.0. The van der Waals surface area contributed by atoms with E-state index in [1.807, 2.05) is 0 Å². The number of carbonyl (C=O) groups is 1. The van der Waals surface area contributed by atoms with Crippen molar-refractivity contribution in [3.63, 3.8) is 0 Å². The smallest absolute Gasteiger partial charge is 0.277 e. The molecule has 1 aromatic rings. The number of primary amides is 1. The van der Waals surface area contributed by atoms with E-state index < -0.39 is 22.0 Å². The summed E-state index contributed by atoms with van der Waals surface area (Å²) in [5, 5.41) is -0.152. The second kappa shape index (κ2) is 3.91. The average Bonchev–Trinajstić information content (AvgIpc) is 2.89. The van der Waals surface area contributed by atoms with Crippen molar-refractivity contribution < 1.29 is 17.6 Å². The summed E-state index contributed by atoms with van der Waals surface area (Å²) in [6, 6.07) is 2.09. The minimum absolute atomic E-state index is 0.152. The maximum absolute atomic E-state index is 12.0. The number of carbonyl (C=O) groups excluding carboxylic acids is 1. The fourth-order valence-corrected chi connectivity index (χ4v) is 3.41. The lowest BCUT2D eigenvalue weighted by Gasteiger charge is -2.19. The number of nitrogens with two attached hydrogens (primary N) is 1. The molecule has 1 saturated heterocycles. The zero-order valence-corrected chi connectivity index (χ0v) is 9.31. The van der Waals surface area contributed by atoms with Crippen molar-refractivity contribution in [2.45, 2.75) is 24.0 Å². The van der Waals surface area contributed by atoms with Gasteiger partial charge in [-0.2, -0.15) is 4.31 Å². The van der Waals surface area contributed by atoms with E-state index in [9.17, 15) is 13.2 Å². The quantitative estimate of drug-likeness (QED) is 0.804. The van der Waals surface area contributed by atoms with Gasteiger partial charge in [-0.25, -0.2) is 8.42 Å². The van der Waals surface area contributed by atoms with Crippen LogP contribution in [0.1, 0.15) is 12.8 Å². The van der Waals surface area contributed by atoms with Gasteiger partial charge in [0.05, 0.1) is 6.26 Å².